The average molecular weight is 344 g/mol. The minimum atomic E-state index is -0.144. The molecule has 3 aromatic rings. The van der Waals surface area contributed by atoms with Crippen LogP contribution in [0.25, 0.3) is 0 Å². The van der Waals surface area contributed by atoms with Crippen LogP contribution in [0, 0.1) is 13.8 Å². The monoisotopic (exact) mass is 344 g/mol. The van der Waals surface area contributed by atoms with Crippen molar-refractivity contribution in [3.63, 3.8) is 0 Å². The van der Waals surface area contributed by atoms with E-state index in [9.17, 15) is 9.90 Å². The van der Waals surface area contributed by atoms with E-state index in [-0.39, 0.29) is 11.7 Å². The topological polar surface area (TPSA) is 61.7 Å². The smallest absolute Gasteiger partial charge is 0.255 e. The number of carbonyl (C=O) groups is 1. The molecule has 0 aromatic heterocycles. The number of carbonyl (C=O) groups excluding carboxylic acids is 1. The van der Waals surface area contributed by atoms with E-state index in [1.54, 1.807) is 24.4 Å². The van der Waals surface area contributed by atoms with Gasteiger partial charge in [-0.2, -0.15) is 0 Å². The van der Waals surface area contributed by atoms with Crippen LogP contribution >= 0.6 is 0 Å². The molecule has 130 valence electrons. The molecule has 4 heteroatoms. The van der Waals surface area contributed by atoms with Gasteiger partial charge in [-0.05, 0) is 61.9 Å². The van der Waals surface area contributed by atoms with Crippen LogP contribution in [0.2, 0.25) is 0 Å². The largest absolute Gasteiger partial charge is 0.507 e. The van der Waals surface area contributed by atoms with E-state index in [2.05, 4.69) is 10.3 Å². The molecule has 0 aliphatic heterocycles. The summed E-state index contributed by atoms with van der Waals surface area (Å²) in [4.78, 5) is 16.6. The molecule has 4 nitrogen and oxygen atoms in total. The number of nitrogens with one attached hydrogen (secondary N) is 1. The summed E-state index contributed by atoms with van der Waals surface area (Å²) >= 11 is 0. The first-order valence-corrected chi connectivity index (χ1v) is 8.33. The molecule has 0 saturated heterocycles. The van der Waals surface area contributed by atoms with Gasteiger partial charge in [0.15, 0.2) is 0 Å². The van der Waals surface area contributed by atoms with E-state index < -0.39 is 0 Å². The highest BCUT2D eigenvalue weighted by atomic mass is 16.3. The van der Waals surface area contributed by atoms with Crippen LogP contribution in [0.4, 0.5) is 11.4 Å². The quantitative estimate of drug-likeness (QED) is 0.653. The molecular formula is C22H20N2O2. The standard InChI is InChI=1S/C22H20N2O2/c1-15-5-3-7-17(13-15)22(26)24-20-11-9-19(10-12-20)23-14-18-8-4-6-16(2)21(18)25/h3-14,25H,1-2H3,(H,24,26). The maximum absolute atomic E-state index is 12.3. The zero-order valence-corrected chi connectivity index (χ0v) is 14.7. The molecule has 3 rings (SSSR count). The van der Waals surface area contributed by atoms with Crippen LogP contribution in [0.15, 0.2) is 71.7 Å². The Balaban J connectivity index is 1.69. The number of para-hydroxylation sites is 1. The van der Waals surface area contributed by atoms with Crippen molar-refractivity contribution >= 4 is 23.5 Å². The fourth-order valence-corrected chi connectivity index (χ4v) is 2.55. The highest BCUT2D eigenvalue weighted by molar-refractivity contribution is 6.04. The maximum Gasteiger partial charge on any atom is 0.255 e. The van der Waals surface area contributed by atoms with Crippen molar-refractivity contribution in [2.75, 3.05) is 5.32 Å². The molecule has 3 aromatic carbocycles. The van der Waals surface area contributed by atoms with Crippen molar-refractivity contribution in [2.24, 2.45) is 4.99 Å². The summed E-state index contributed by atoms with van der Waals surface area (Å²) in [5.74, 6) is 0.0907. The molecule has 0 aliphatic carbocycles. The number of aryl methyl sites for hydroxylation is 2. The average Bonchev–Trinajstić information content (AvgIpc) is 2.64. The van der Waals surface area contributed by atoms with E-state index in [1.807, 2.05) is 62.4 Å². The summed E-state index contributed by atoms with van der Waals surface area (Å²) in [5, 5.41) is 12.9. The number of amides is 1. The third-order valence-corrected chi connectivity index (χ3v) is 4.03. The number of anilines is 1. The highest BCUT2D eigenvalue weighted by Gasteiger charge is 2.06. The number of hydrogen-bond donors (Lipinski definition) is 2. The molecule has 1 amide bonds. The first-order valence-electron chi connectivity index (χ1n) is 8.33. The van der Waals surface area contributed by atoms with Gasteiger partial charge in [-0.15, -0.1) is 0 Å². The van der Waals surface area contributed by atoms with Crippen LogP contribution in [-0.2, 0) is 0 Å². The van der Waals surface area contributed by atoms with Gasteiger partial charge in [-0.1, -0.05) is 29.8 Å². The van der Waals surface area contributed by atoms with Crippen molar-refractivity contribution < 1.29 is 9.90 Å². The minimum Gasteiger partial charge on any atom is -0.507 e. The number of benzene rings is 3. The summed E-state index contributed by atoms with van der Waals surface area (Å²) in [7, 11) is 0. The van der Waals surface area contributed by atoms with E-state index in [0.717, 1.165) is 16.8 Å². The zero-order valence-electron chi connectivity index (χ0n) is 14.7. The number of phenols is 1. The Bertz CT molecular complexity index is 960. The summed E-state index contributed by atoms with van der Waals surface area (Å²) in [5.41, 5.74) is 4.59. The van der Waals surface area contributed by atoms with Crippen LogP contribution in [0.1, 0.15) is 27.0 Å². The van der Waals surface area contributed by atoms with Crippen molar-refractivity contribution in [3.8, 4) is 5.75 Å². The van der Waals surface area contributed by atoms with Crippen molar-refractivity contribution in [3.05, 3.63) is 89.0 Å². The molecule has 26 heavy (non-hydrogen) atoms. The Labute approximate surface area is 152 Å². The maximum atomic E-state index is 12.3. The predicted molar refractivity (Wildman–Crippen MR) is 106 cm³/mol. The third-order valence-electron chi connectivity index (χ3n) is 4.03. The first kappa shape index (κ1) is 17.4. The van der Waals surface area contributed by atoms with Crippen LogP contribution in [0.5, 0.6) is 5.75 Å². The summed E-state index contributed by atoms with van der Waals surface area (Å²) in [6.45, 7) is 3.80. The Morgan fingerprint density at radius 1 is 1.00 bits per heavy atom. The Morgan fingerprint density at radius 3 is 2.46 bits per heavy atom. The Kier molecular flexibility index (Phi) is 5.13. The number of phenolic OH excluding ortho intramolecular Hbond substituents is 1. The van der Waals surface area contributed by atoms with Crippen LogP contribution in [0.3, 0.4) is 0 Å². The van der Waals surface area contributed by atoms with Gasteiger partial charge in [0.05, 0.1) is 5.69 Å². The molecule has 0 spiro atoms. The van der Waals surface area contributed by atoms with Crippen molar-refractivity contribution in [1.29, 1.82) is 0 Å². The van der Waals surface area contributed by atoms with Gasteiger partial charge in [-0.25, -0.2) is 0 Å². The first-order chi connectivity index (χ1) is 12.5. The van der Waals surface area contributed by atoms with Gasteiger partial charge in [0.25, 0.3) is 5.91 Å². The highest BCUT2D eigenvalue weighted by Crippen LogP contribution is 2.22. The van der Waals surface area contributed by atoms with E-state index >= 15 is 0 Å². The number of hydrogen-bond acceptors (Lipinski definition) is 3. The van der Waals surface area contributed by atoms with E-state index in [1.165, 1.54) is 0 Å². The fraction of sp³-hybridized carbons (Fsp3) is 0.0909. The molecule has 0 bridgehead atoms. The second-order valence-corrected chi connectivity index (χ2v) is 6.14. The molecular weight excluding hydrogens is 324 g/mol. The molecule has 2 N–H and O–H groups in total. The van der Waals surface area contributed by atoms with E-state index in [4.69, 9.17) is 0 Å². The minimum absolute atomic E-state index is 0.144. The summed E-state index contributed by atoms with van der Waals surface area (Å²) in [6.07, 6.45) is 1.63. The van der Waals surface area contributed by atoms with E-state index in [0.29, 0.717) is 16.8 Å². The zero-order chi connectivity index (χ0) is 18.5. The third kappa shape index (κ3) is 4.16. The normalized spacial score (nSPS) is 10.8. The molecule has 0 heterocycles. The lowest BCUT2D eigenvalue weighted by atomic mass is 10.1. The Hall–Kier alpha value is -3.40. The predicted octanol–water partition coefficient (Wildman–Crippen LogP) is 5.01. The summed E-state index contributed by atoms with van der Waals surface area (Å²) in [6, 6.07) is 20.2. The number of rotatable bonds is 4. The molecule has 0 unspecified atom stereocenters. The van der Waals surface area contributed by atoms with Crippen molar-refractivity contribution in [2.45, 2.75) is 13.8 Å². The summed E-state index contributed by atoms with van der Waals surface area (Å²) < 4.78 is 0. The van der Waals surface area contributed by atoms with Crippen LogP contribution in [-0.4, -0.2) is 17.2 Å². The number of nitrogens with zero attached hydrogens (tertiary/aromatic N) is 1. The van der Waals surface area contributed by atoms with Gasteiger partial charge in [0.2, 0.25) is 0 Å². The molecule has 0 atom stereocenters. The lowest BCUT2D eigenvalue weighted by molar-refractivity contribution is 0.102. The van der Waals surface area contributed by atoms with Gasteiger partial charge < -0.3 is 10.4 Å². The molecule has 0 aliphatic rings. The van der Waals surface area contributed by atoms with Gasteiger partial charge in [0, 0.05) is 23.0 Å². The number of aromatic hydroxyl groups is 1. The SMILES string of the molecule is Cc1cccc(C(=O)Nc2ccc(N=Cc3cccc(C)c3O)cc2)c1. The number of aliphatic imine (C=N–C) groups is 1. The molecule has 0 fully saturated rings. The molecule has 0 saturated carbocycles. The molecule has 0 radical (unpaired) electrons. The Morgan fingerprint density at radius 2 is 1.73 bits per heavy atom. The second-order valence-electron chi connectivity index (χ2n) is 6.14. The van der Waals surface area contributed by atoms with Crippen LogP contribution < -0.4 is 5.32 Å². The van der Waals surface area contributed by atoms with Gasteiger partial charge >= 0.3 is 0 Å². The van der Waals surface area contributed by atoms with Crippen molar-refractivity contribution in [1.82, 2.24) is 0 Å². The lowest BCUT2D eigenvalue weighted by Gasteiger charge is -2.06. The van der Waals surface area contributed by atoms with Gasteiger partial charge in [0.1, 0.15) is 5.75 Å². The second kappa shape index (κ2) is 7.66. The van der Waals surface area contributed by atoms with Gasteiger partial charge in [-0.3, -0.25) is 9.79 Å². The fourth-order valence-electron chi connectivity index (χ4n) is 2.55. The lowest BCUT2D eigenvalue weighted by Crippen LogP contribution is -2.11.